The summed E-state index contributed by atoms with van der Waals surface area (Å²) in [6.45, 7) is -0.388. The minimum absolute atomic E-state index is 0.120. The molecule has 1 saturated carbocycles. The summed E-state index contributed by atoms with van der Waals surface area (Å²) >= 11 is 13.8. The maximum absolute atomic E-state index is 13.2. The van der Waals surface area contributed by atoms with E-state index in [4.69, 9.17) is 27.6 Å². The number of aliphatic hydroxyl groups excluding tert-OH is 1. The van der Waals surface area contributed by atoms with Crippen LogP contribution in [0.1, 0.15) is 30.3 Å². The van der Waals surface area contributed by atoms with E-state index in [1.807, 2.05) is 0 Å². The smallest absolute Gasteiger partial charge is 0.257 e. The van der Waals surface area contributed by atoms with Crippen molar-refractivity contribution in [2.24, 2.45) is 17.8 Å². The predicted octanol–water partition coefficient (Wildman–Crippen LogP) is 1.15. The van der Waals surface area contributed by atoms with Crippen LogP contribution in [0.3, 0.4) is 0 Å². The number of fused-ring (bicyclic) bond motifs is 4. The van der Waals surface area contributed by atoms with Gasteiger partial charge in [0.1, 0.15) is 18.1 Å². The minimum atomic E-state index is -1.93. The van der Waals surface area contributed by atoms with Gasteiger partial charge in [0.2, 0.25) is 0 Å². The van der Waals surface area contributed by atoms with E-state index in [1.54, 1.807) is 12.1 Å². The fraction of sp³-hybridized carbons (Fsp3) is 0.500. The molecule has 2 aliphatic heterocycles. The predicted molar refractivity (Wildman–Crippen MR) is 104 cm³/mol. The van der Waals surface area contributed by atoms with E-state index in [0.717, 1.165) is 4.90 Å². The lowest BCUT2D eigenvalue weighted by molar-refractivity contribution is -0.173. The van der Waals surface area contributed by atoms with E-state index >= 15 is 0 Å². The summed E-state index contributed by atoms with van der Waals surface area (Å²) in [6, 6.07) is 3.06. The SMILES string of the molecule is CN1C(=O)C2(Cl)CC3C(=CCC4C(=O)N(O)C(=O)C43)C(c3ccc(CO)o3)C2(Cl)C1=O. The number of carbonyl (C=O) groups is 4. The number of rotatable bonds is 2. The Kier molecular flexibility index (Phi) is 4.28. The summed E-state index contributed by atoms with van der Waals surface area (Å²) < 4.78 is 5.71. The van der Waals surface area contributed by atoms with Crippen molar-refractivity contribution in [2.45, 2.75) is 35.1 Å². The number of hydrogen-bond donors (Lipinski definition) is 2. The fourth-order valence-corrected chi connectivity index (χ4v) is 6.68. The third-order valence-electron chi connectivity index (χ3n) is 7.11. The standard InChI is InChI=1S/C20H18Cl2N2O7/c1-23-17(28)19(21)6-11-9(3-4-10-13(11)16(27)24(30)15(10)26)14(20(19,22)18(23)29)12-5-2-8(7-25)31-12/h2-3,5,10-11,13-14,25,30H,4,6-7H2,1H3. The summed E-state index contributed by atoms with van der Waals surface area (Å²) in [4.78, 5) is 48.4. The summed E-state index contributed by atoms with van der Waals surface area (Å²) in [5.41, 5.74) is 0.555. The number of halogens is 2. The van der Waals surface area contributed by atoms with Crippen molar-refractivity contribution in [1.82, 2.24) is 9.96 Å². The summed E-state index contributed by atoms with van der Waals surface area (Å²) in [6.07, 6.45) is 1.72. The average molecular weight is 469 g/mol. The molecule has 3 heterocycles. The summed E-state index contributed by atoms with van der Waals surface area (Å²) in [7, 11) is 1.29. The van der Waals surface area contributed by atoms with Crippen molar-refractivity contribution in [3.63, 3.8) is 0 Å². The highest BCUT2D eigenvalue weighted by molar-refractivity contribution is 6.53. The van der Waals surface area contributed by atoms with Gasteiger partial charge in [-0.15, -0.1) is 23.2 Å². The topological polar surface area (TPSA) is 128 Å². The van der Waals surface area contributed by atoms with E-state index in [1.165, 1.54) is 13.1 Å². The molecule has 0 aromatic carbocycles. The Labute approximate surface area is 186 Å². The highest BCUT2D eigenvalue weighted by Gasteiger charge is 2.76. The molecule has 4 aliphatic rings. The zero-order valence-electron chi connectivity index (χ0n) is 16.2. The Morgan fingerprint density at radius 2 is 1.84 bits per heavy atom. The Morgan fingerprint density at radius 1 is 1.13 bits per heavy atom. The first kappa shape index (κ1) is 20.7. The van der Waals surface area contributed by atoms with Crippen LogP contribution in [0.15, 0.2) is 28.2 Å². The normalized spacial score (nSPS) is 39.6. The molecule has 9 nitrogen and oxygen atoms in total. The molecule has 6 unspecified atom stereocenters. The van der Waals surface area contributed by atoms with Gasteiger partial charge in [-0.2, -0.15) is 5.06 Å². The second kappa shape index (κ2) is 6.41. The molecule has 0 spiro atoms. The van der Waals surface area contributed by atoms with E-state index in [0.29, 0.717) is 5.57 Å². The number of carbonyl (C=O) groups excluding carboxylic acids is 4. The zero-order valence-corrected chi connectivity index (χ0v) is 17.8. The van der Waals surface area contributed by atoms with Crippen molar-refractivity contribution < 1.29 is 33.9 Å². The molecule has 6 atom stereocenters. The molecule has 3 fully saturated rings. The Bertz CT molecular complexity index is 1080. The number of amides is 4. The van der Waals surface area contributed by atoms with Crippen LogP contribution in [0, 0.1) is 17.8 Å². The second-order valence-corrected chi connectivity index (χ2v) is 9.69. The highest BCUT2D eigenvalue weighted by Crippen LogP contribution is 2.65. The van der Waals surface area contributed by atoms with Gasteiger partial charge >= 0.3 is 0 Å². The van der Waals surface area contributed by atoms with Gasteiger partial charge in [-0.05, 0) is 30.9 Å². The van der Waals surface area contributed by atoms with Crippen molar-refractivity contribution in [2.75, 3.05) is 7.05 Å². The van der Waals surface area contributed by atoms with Crippen molar-refractivity contribution in [3.8, 4) is 0 Å². The van der Waals surface area contributed by atoms with Crippen LogP contribution < -0.4 is 0 Å². The quantitative estimate of drug-likeness (QED) is 0.288. The first-order valence-corrected chi connectivity index (χ1v) is 10.5. The number of hydrogen-bond acceptors (Lipinski definition) is 7. The molecular weight excluding hydrogens is 451 g/mol. The van der Waals surface area contributed by atoms with Crippen LogP contribution >= 0.6 is 23.2 Å². The summed E-state index contributed by atoms with van der Waals surface area (Å²) in [5, 5.41) is 19.5. The molecule has 164 valence electrons. The Balaban J connectivity index is 1.73. The van der Waals surface area contributed by atoms with E-state index in [2.05, 4.69) is 0 Å². The van der Waals surface area contributed by atoms with Gasteiger partial charge < -0.3 is 9.52 Å². The molecular formula is C20H18Cl2N2O7. The molecule has 1 aromatic heterocycles. The molecule has 2 saturated heterocycles. The Hall–Kier alpha value is -2.20. The van der Waals surface area contributed by atoms with Crippen LogP contribution in [0.5, 0.6) is 0 Å². The van der Waals surface area contributed by atoms with Gasteiger partial charge in [0.25, 0.3) is 23.6 Å². The number of likely N-dealkylation sites (tertiary alicyclic amines) is 1. The van der Waals surface area contributed by atoms with E-state index in [-0.39, 0.29) is 36.0 Å². The number of allylic oxidation sites excluding steroid dienone is 2. The molecule has 0 bridgehead atoms. The van der Waals surface area contributed by atoms with E-state index < -0.39 is 57.0 Å². The Morgan fingerprint density at radius 3 is 2.48 bits per heavy atom. The van der Waals surface area contributed by atoms with Crippen LogP contribution in [0.25, 0.3) is 0 Å². The van der Waals surface area contributed by atoms with Gasteiger partial charge in [0.15, 0.2) is 9.75 Å². The van der Waals surface area contributed by atoms with Gasteiger partial charge in [-0.25, -0.2) is 0 Å². The third-order valence-corrected chi connectivity index (χ3v) is 8.53. The number of aliphatic hydroxyl groups is 1. The largest absolute Gasteiger partial charge is 0.463 e. The number of furan rings is 1. The number of alkyl halides is 2. The molecule has 5 rings (SSSR count). The molecule has 2 aliphatic carbocycles. The molecule has 1 aromatic rings. The first-order valence-electron chi connectivity index (χ1n) is 9.74. The lowest BCUT2D eigenvalue weighted by atomic mass is 9.57. The lowest BCUT2D eigenvalue weighted by Crippen LogP contribution is -2.60. The van der Waals surface area contributed by atoms with Crippen molar-refractivity contribution in [3.05, 3.63) is 35.3 Å². The third kappa shape index (κ3) is 2.29. The van der Waals surface area contributed by atoms with Gasteiger partial charge in [-0.1, -0.05) is 11.6 Å². The first-order chi connectivity index (χ1) is 14.6. The van der Waals surface area contributed by atoms with Gasteiger partial charge in [0, 0.05) is 7.05 Å². The average Bonchev–Trinajstić information content (AvgIpc) is 3.35. The maximum atomic E-state index is 13.2. The summed E-state index contributed by atoms with van der Waals surface area (Å²) in [5.74, 6) is -5.88. The number of hydroxylamine groups is 2. The van der Waals surface area contributed by atoms with Crippen LogP contribution in [-0.4, -0.2) is 60.7 Å². The van der Waals surface area contributed by atoms with Gasteiger partial charge in [0.05, 0.1) is 17.8 Å². The highest BCUT2D eigenvalue weighted by atomic mass is 35.5. The second-order valence-electron chi connectivity index (χ2n) is 8.45. The molecule has 0 radical (unpaired) electrons. The van der Waals surface area contributed by atoms with Crippen LogP contribution in [0.2, 0.25) is 0 Å². The zero-order chi connectivity index (χ0) is 22.5. The maximum Gasteiger partial charge on any atom is 0.257 e. The fourth-order valence-electron chi connectivity index (χ4n) is 5.67. The molecule has 11 heteroatoms. The van der Waals surface area contributed by atoms with E-state index in [9.17, 15) is 29.5 Å². The molecule has 4 amide bonds. The van der Waals surface area contributed by atoms with Crippen LogP contribution in [-0.2, 0) is 25.8 Å². The molecule has 2 N–H and O–H groups in total. The van der Waals surface area contributed by atoms with Crippen molar-refractivity contribution >= 4 is 46.8 Å². The monoisotopic (exact) mass is 468 g/mol. The number of nitrogens with zero attached hydrogens (tertiary/aromatic N) is 2. The number of imide groups is 2. The van der Waals surface area contributed by atoms with Crippen LogP contribution in [0.4, 0.5) is 0 Å². The van der Waals surface area contributed by atoms with Gasteiger partial charge in [-0.3, -0.25) is 29.3 Å². The van der Waals surface area contributed by atoms with Crippen molar-refractivity contribution in [1.29, 1.82) is 0 Å². The lowest BCUT2D eigenvalue weighted by Gasteiger charge is -2.49. The minimum Gasteiger partial charge on any atom is -0.463 e. The molecule has 31 heavy (non-hydrogen) atoms.